The molecule has 2 aromatic heterocycles. The Morgan fingerprint density at radius 2 is 2.21 bits per heavy atom. The fraction of sp³-hybridized carbons (Fsp3) is 0.182. The lowest BCUT2D eigenvalue weighted by Gasteiger charge is -2.16. The van der Waals surface area contributed by atoms with Crippen LogP contribution in [0, 0.1) is 0 Å². The Bertz CT molecular complexity index is 670. The van der Waals surface area contributed by atoms with Crippen LogP contribution in [0.4, 0.5) is 0 Å². The van der Waals surface area contributed by atoms with E-state index in [-0.39, 0.29) is 10.0 Å². The predicted octanol–water partition coefficient (Wildman–Crippen LogP) is 3.38. The predicted molar refractivity (Wildman–Crippen MR) is 79.9 cm³/mol. The van der Waals surface area contributed by atoms with Gasteiger partial charge in [0.1, 0.15) is 10.0 Å². The summed E-state index contributed by atoms with van der Waals surface area (Å²) in [6.45, 7) is 0.313. The molecule has 0 aliphatic heterocycles. The standard InChI is InChI=1S/C11H10BrClN2O2S2/c1-15(6-8-4-10(12)18-7-8)19(16,17)9-2-3-11(13)14-5-9/h2-5,7H,6H2,1H3. The van der Waals surface area contributed by atoms with E-state index >= 15 is 0 Å². The van der Waals surface area contributed by atoms with Crippen LogP contribution < -0.4 is 0 Å². The average Bonchev–Trinajstić information content (AvgIpc) is 2.75. The zero-order chi connectivity index (χ0) is 14.0. The highest BCUT2D eigenvalue weighted by Crippen LogP contribution is 2.23. The second-order valence-corrected chi connectivity index (χ2v) is 8.56. The molecule has 19 heavy (non-hydrogen) atoms. The molecule has 2 heterocycles. The Kier molecular flexibility index (Phi) is 4.62. The minimum absolute atomic E-state index is 0.133. The summed E-state index contributed by atoms with van der Waals surface area (Å²) in [5, 5.41) is 2.18. The van der Waals surface area contributed by atoms with E-state index in [9.17, 15) is 8.42 Å². The molecule has 4 nitrogen and oxygen atoms in total. The third kappa shape index (κ3) is 3.55. The maximum atomic E-state index is 12.3. The van der Waals surface area contributed by atoms with Crippen molar-refractivity contribution in [3.8, 4) is 0 Å². The van der Waals surface area contributed by atoms with Gasteiger partial charge in [0.25, 0.3) is 0 Å². The molecule has 0 fully saturated rings. The van der Waals surface area contributed by atoms with Crippen LogP contribution in [-0.4, -0.2) is 24.8 Å². The molecular weight excluding hydrogens is 372 g/mol. The van der Waals surface area contributed by atoms with Gasteiger partial charge in [-0.15, -0.1) is 11.3 Å². The summed E-state index contributed by atoms with van der Waals surface area (Å²) in [7, 11) is -2.01. The zero-order valence-electron chi connectivity index (χ0n) is 9.88. The second-order valence-electron chi connectivity index (χ2n) is 3.84. The van der Waals surface area contributed by atoms with E-state index in [1.165, 1.54) is 41.0 Å². The van der Waals surface area contributed by atoms with Crippen LogP contribution in [0.15, 0.2) is 38.5 Å². The number of hydrogen-bond donors (Lipinski definition) is 0. The molecule has 0 spiro atoms. The van der Waals surface area contributed by atoms with Gasteiger partial charge < -0.3 is 0 Å². The number of rotatable bonds is 4. The van der Waals surface area contributed by atoms with Crippen molar-refractivity contribution in [2.45, 2.75) is 11.4 Å². The molecule has 0 bridgehead atoms. The summed E-state index contributed by atoms with van der Waals surface area (Å²) >= 11 is 10.5. The van der Waals surface area contributed by atoms with Gasteiger partial charge in [-0.3, -0.25) is 0 Å². The lowest BCUT2D eigenvalue weighted by atomic mass is 10.3. The molecule has 0 aromatic carbocycles. The van der Waals surface area contributed by atoms with Crippen molar-refractivity contribution in [3.63, 3.8) is 0 Å². The van der Waals surface area contributed by atoms with Gasteiger partial charge in [0.15, 0.2) is 0 Å². The average molecular weight is 382 g/mol. The smallest absolute Gasteiger partial charge is 0.243 e. The fourth-order valence-corrected chi connectivity index (χ4v) is 3.88. The first-order valence-electron chi connectivity index (χ1n) is 5.20. The second kappa shape index (κ2) is 5.88. The molecule has 0 unspecified atom stereocenters. The van der Waals surface area contributed by atoms with Crippen LogP contribution in [-0.2, 0) is 16.6 Å². The van der Waals surface area contributed by atoms with Crippen LogP contribution in [0.3, 0.4) is 0 Å². The van der Waals surface area contributed by atoms with E-state index in [2.05, 4.69) is 20.9 Å². The van der Waals surface area contributed by atoms with E-state index in [0.29, 0.717) is 6.54 Å². The Labute approximate surface area is 129 Å². The summed E-state index contributed by atoms with van der Waals surface area (Å²) in [5.41, 5.74) is 0.935. The van der Waals surface area contributed by atoms with Crippen molar-refractivity contribution in [2.24, 2.45) is 0 Å². The first-order chi connectivity index (χ1) is 8.89. The molecule has 0 saturated carbocycles. The number of aromatic nitrogens is 1. The topological polar surface area (TPSA) is 50.3 Å². The highest BCUT2D eigenvalue weighted by molar-refractivity contribution is 9.11. The van der Waals surface area contributed by atoms with E-state index in [4.69, 9.17) is 11.6 Å². The van der Waals surface area contributed by atoms with E-state index in [1.807, 2.05) is 11.4 Å². The third-order valence-corrected chi connectivity index (χ3v) is 6.00. The van der Waals surface area contributed by atoms with Gasteiger partial charge in [-0.25, -0.2) is 13.4 Å². The maximum absolute atomic E-state index is 12.3. The highest BCUT2D eigenvalue weighted by atomic mass is 79.9. The van der Waals surface area contributed by atoms with Crippen LogP contribution in [0.1, 0.15) is 5.56 Å². The van der Waals surface area contributed by atoms with Crippen LogP contribution >= 0.6 is 38.9 Å². The number of thiophene rings is 1. The quantitative estimate of drug-likeness (QED) is 0.763. The summed E-state index contributed by atoms with van der Waals surface area (Å²) in [6.07, 6.45) is 1.26. The minimum Gasteiger partial charge on any atom is -0.243 e. The van der Waals surface area contributed by atoms with Crippen LogP contribution in [0.25, 0.3) is 0 Å². The molecule has 102 valence electrons. The van der Waals surface area contributed by atoms with Gasteiger partial charge in [0.05, 0.1) is 3.79 Å². The van der Waals surface area contributed by atoms with Gasteiger partial charge >= 0.3 is 0 Å². The van der Waals surface area contributed by atoms with E-state index < -0.39 is 10.0 Å². The molecule has 0 radical (unpaired) electrons. The van der Waals surface area contributed by atoms with Crippen LogP contribution in [0.2, 0.25) is 5.15 Å². The van der Waals surface area contributed by atoms with Crippen LogP contribution in [0.5, 0.6) is 0 Å². The third-order valence-electron chi connectivity index (χ3n) is 2.44. The number of hydrogen-bond acceptors (Lipinski definition) is 4. The molecular formula is C11H10BrClN2O2S2. The van der Waals surface area contributed by atoms with Gasteiger partial charge in [-0.2, -0.15) is 4.31 Å². The van der Waals surface area contributed by atoms with Crippen molar-refractivity contribution in [1.29, 1.82) is 0 Å². The first kappa shape index (κ1) is 14.9. The van der Waals surface area contributed by atoms with Gasteiger partial charge in [-0.05, 0) is 45.1 Å². The van der Waals surface area contributed by atoms with Gasteiger partial charge in [0.2, 0.25) is 10.0 Å². The van der Waals surface area contributed by atoms with Crippen molar-refractivity contribution >= 4 is 48.9 Å². The Hall–Kier alpha value is -0.470. The molecule has 0 saturated heterocycles. The summed E-state index contributed by atoms with van der Waals surface area (Å²) < 4.78 is 26.8. The highest BCUT2D eigenvalue weighted by Gasteiger charge is 2.21. The fourth-order valence-electron chi connectivity index (χ4n) is 1.47. The van der Waals surface area contributed by atoms with E-state index in [1.54, 1.807) is 0 Å². The number of nitrogens with zero attached hydrogens (tertiary/aromatic N) is 2. The Morgan fingerprint density at radius 3 is 2.74 bits per heavy atom. The largest absolute Gasteiger partial charge is 0.244 e. The van der Waals surface area contributed by atoms with Crippen molar-refractivity contribution in [2.75, 3.05) is 7.05 Å². The molecule has 0 aliphatic carbocycles. The lowest BCUT2D eigenvalue weighted by Crippen LogP contribution is -2.26. The van der Waals surface area contributed by atoms with Crippen molar-refractivity contribution in [1.82, 2.24) is 9.29 Å². The summed E-state index contributed by atoms with van der Waals surface area (Å²) in [6, 6.07) is 4.81. The normalized spacial score (nSPS) is 12.0. The first-order valence-corrected chi connectivity index (χ1v) is 8.69. The van der Waals surface area contributed by atoms with Crippen molar-refractivity contribution < 1.29 is 8.42 Å². The molecule has 2 aromatic rings. The molecule has 8 heteroatoms. The number of pyridine rings is 1. The summed E-state index contributed by atoms with van der Waals surface area (Å²) in [5.74, 6) is 0. The molecule has 2 rings (SSSR count). The SMILES string of the molecule is CN(Cc1csc(Br)c1)S(=O)(=O)c1ccc(Cl)nc1. The summed E-state index contributed by atoms with van der Waals surface area (Å²) in [4.78, 5) is 3.93. The van der Waals surface area contributed by atoms with Gasteiger partial charge in [0, 0.05) is 19.8 Å². The number of sulfonamides is 1. The maximum Gasteiger partial charge on any atom is 0.244 e. The lowest BCUT2D eigenvalue weighted by molar-refractivity contribution is 0.467. The zero-order valence-corrected chi connectivity index (χ0v) is 13.9. The van der Waals surface area contributed by atoms with E-state index in [0.717, 1.165) is 9.35 Å². The molecule has 0 amide bonds. The molecule has 0 N–H and O–H groups in total. The number of halogens is 2. The van der Waals surface area contributed by atoms with Gasteiger partial charge in [-0.1, -0.05) is 11.6 Å². The molecule has 0 aliphatic rings. The monoisotopic (exact) mass is 380 g/mol. The Balaban J connectivity index is 2.21. The molecule has 0 atom stereocenters. The Morgan fingerprint density at radius 1 is 1.47 bits per heavy atom. The van der Waals surface area contributed by atoms with Crippen molar-refractivity contribution in [3.05, 3.63) is 44.3 Å². The minimum atomic E-state index is -3.54.